The fourth-order valence-corrected chi connectivity index (χ4v) is 6.48. The molecule has 1 fully saturated rings. The second-order valence-corrected chi connectivity index (χ2v) is 12.2. The zero-order chi connectivity index (χ0) is 26.5. The maximum Gasteiger partial charge on any atom is 0.243 e. The number of rotatable bonds is 12. The summed E-state index contributed by atoms with van der Waals surface area (Å²) in [6.07, 6.45) is 3.02. The molecule has 0 radical (unpaired) electrons. The third-order valence-corrected chi connectivity index (χ3v) is 9.26. The highest BCUT2D eigenvalue weighted by Crippen LogP contribution is 2.30. The van der Waals surface area contributed by atoms with Crippen LogP contribution in [0.5, 0.6) is 11.5 Å². The molecule has 1 atom stereocenters. The Balaban J connectivity index is 1.57. The molecule has 1 aliphatic rings. The molecule has 2 aromatic carbocycles. The van der Waals surface area contributed by atoms with Crippen LogP contribution < -0.4 is 14.2 Å². The van der Waals surface area contributed by atoms with Gasteiger partial charge in [0, 0.05) is 19.7 Å². The molecule has 37 heavy (non-hydrogen) atoms. The molecule has 12 heteroatoms. The topological polar surface area (TPSA) is 124 Å². The molecule has 4 rings (SSSR count). The molecular formula is C25H30N2O8S2. The van der Waals surface area contributed by atoms with E-state index in [-0.39, 0.29) is 35.5 Å². The minimum Gasteiger partial charge on any atom is -0.493 e. The monoisotopic (exact) mass is 550 g/mol. The average molecular weight is 551 g/mol. The molecule has 0 bridgehead atoms. The van der Waals surface area contributed by atoms with Crippen LogP contribution in [0.3, 0.4) is 0 Å². The van der Waals surface area contributed by atoms with Crippen molar-refractivity contribution in [1.29, 1.82) is 0 Å². The van der Waals surface area contributed by atoms with Crippen LogP contribution in [0.25, 0.3) is 0 Å². The first-order valence-electron chi connectivity index (χ1n) is 11.7. The first-order chi connectivity index (χ1) is 17.7. The van der Waals surface area contributed by atoms with E-state index in [2.05, 4.69) is 4.72 Å². The molecule has 3 aromatic rings. The smallest absolute Gasteiger partial charge is 0.243 e. The van der Waals surface area contributed by atoms with E-state index in [1.54, 1.807) is 30.3 Å². The summed E-state index contributed by atoms with van der Waals surface area (Å²) in [6, 6.07) is 13.7. The van der Waals surface area contributed by atoms with Gasteiger partial charge in [0.25, 0.3) is 0 Å². The Labute approximate surface area is 217 Å². The Morgan fingerprint density at radius 1 is 0.946 bits per heavy atom. The Bertz CT molecular complexity index is 1380. The van der Waals surface area contributed by atoms with Gasteiger partial charge in [-0.15, -0.1) is 0 Å². The summed E-state index contributed by atoms with van der Waals surface area (Å²) >= 11 is 0. The van der Waals surface area contributed by atoms with Gasteiger partial charge in [-0.05, 0) is 66.9 Å². The zero-order valence-electron chi connectivity index (χ0n) is 20.6. The summed E-state index contributed by atoms with van der Waals surface area (Å²) in [5, 5.41) is 0. The van der Waals surface area contributed by atoms with Crippen LogP contribution in [-0.4, -0.2) is 54.6 Å². The largest absolute Gasteiger partial charge is 0.493 e. The van der Waals surface area contributed by atoms with Crippen LogP contribution in [0, 0.1) is 0 Å². The number of hydrogen-bond acceptors (Lipinski definition) is 8. The minimum atomic E-state index is -4.03. The molecule has 1 aliphatic heterocycles. The number of benzene rings is 2. The predicted octanol–water partition coefficient (Wildman–Crippen LogP) is 3.15. The number of hydrogen-bond donors (Lipinski definition) is 1. The number of ether oxygens (including phenoxy) is 3. The van der Waals surface area contributed by atoms with Crippen molar-refractivity contribution in [2.45, 2.75) is 41.8 Å². The summed E-state index contributed by atoms with van der Waals surface area (Å²) in [6.45, 7) is 0.792. The van der Waals surface area contributed by atoms with Gasteiger partial charge in [-0.25, -0.2) is 21.6 Å². The fourth-order valence-electron chi connectivity index (χ4n) is 4.02. The van der Waals surface area contributed by atoms with E-state index >= 15 is 0 Å². The lowest BCUT2D eigenvalue weighted by atomic mass is 10.2. The highest BCUT2D eigenvalue weighted by atomic mass is 32.2. The standard InChI is InChI=1S/C25H30N2O8S2/c1-32-24-12-7-19(15-25(24)33-2)17-27(18-21-6-4-14-35-21)37(30,31)23-10-8-22(9-11-23)36(28,29)26-16-20-5-3-13-34-20/h4,6-12,14-15,20,26H,3,5,13,16-18H2,1-2H3. The van der Waals surface area contributed by atoms with Gasteiger partial charge in [0.2, 0.25) is 20.0 Å². The number of nitrogens with zero attached hydrogens (tertiary/aromatic N) is 1. The Kier molecular flexibility index (Phi) is 8.55. The van der Waals surface area contributed by atoms with Gasteiger partial charge in [-0.1, -0.05) is 6.07 Å². The molecule has 0 aliphatic carbocycles. The van der Waals surface area contributed by atoms with Gasteiger partial charge in [0.15, 0.2) is 11.5 Å². The van der Waals surface area contributed by atoms with E-state index in [0.717, 1.165) is 12.8 Å². The van der Waals surface area contributed by atoms with Crippen molar-refractivity contribution in [3.05, 3.63) is 72.2 Å². The molecular weight excluding hydrogens is 520 g/mol. The van der Waals surface area contributed by atoms with Gasteiger partial charge in [0.05, 0.1) is 42.9 Å². The fraction of sp³-hybridized carbons (Fsp3) is 0.360. The zero-order valence-corrected chi connectivity index (χ0v) is 22.3. The molecule has 0 saturated carbocycles. The van der Waals surface area contributed by atoms with Crippen molar-refractivity contribution in [3.63, 3.8) is 0 Å². The number of furan rings is 1. The van der Waals surface area contributed by atoms with Gasteiger partial charge in [-0.2, -0.15) is 4.31 Å². The lowest BCUT2D eigenvalue weighted by Gasteiger charge is -2.22. The van der Waals surface area contributed by atoms with E-state index < -0.39 is 20.0 Å². The second-order valence-electron chi connectivity index (χ2n) is 8.50. The van der Waals surface area contributed by atoms with E-state index in [0.29, 0.717) is 29.4 Å². The highest BCUT2D eigenvalue weighted by molar-refractivity contribution is 7.89. The van der Waals surface area contributed by atoms with Gasteiger partial charge in [-0.3, -0.25) is 0 Å². The van der Waals surface area contributed by atoms with Gasteiger partial charge in [0.1, 0.15) is 5.76 Å². The average Bonchev–Trinajstić information content (AvgIpc) is 3.62. The molecule has 1 saturated heterocycles. The molecule has 1 N–H and O–H groups in total. The third-order valence-electron chi connectivity index (χ3n) is 6.02. The molecule has 1 unspecified atom stereocenters. The van der Waals surface area contributed by atoms with Gasteiger partial charge < -0.3 is 18.6 Å². The highest BCUT2D eigenvalue weighted by Gasteiger charge is 2.27. The maximum atomic E-state index is 13.6. The molecule has 2 heterocycles. The molecule has 0 spiro atoms. The summed E-state index contributed by atoms with van der Waals surface area (Å²) in [5.41, 5.74) is 0.672. The van der Waals surface area contributed by atoms with E-state index in [1.807, 2.05) is 0 Å². The SMILES string of the molecule is COc1ccc(CN(Cc2ccco2)S(=O)(=O)c2ccc(S(=O)(=O)NCC3CCCO3)cc2)cc1OC. The van der Waals surface area contributed by atoms with Crippen LogP contribution >= 0.6 is 0 Å². The van der Waals surface area contributed by atoms with Crippen LogP contribution in [0.2, 0.25) is 0 Å². The Morgan fingerprint density at radius 2 is 1.68 bits per heavy atom. The third kappa shape index (κ3) is 6.51. The summed E-state index contributed by atoms with van der Waals surface area (Å²) in [5.74, 6) is 1.46. The van der Waals surface area contributed by atoms with E-state index in [1.165, 1.54) is 49.1 Å². The molecule has 200 valence electrons. The normalized spacial score (nSPS) is 16.2. The second kappa shape index (κ2) is 11.7. The minimum absolute atomic E-state index is 0.0202. The number of methoxy groups -OCH3 is 2. The molecule has 1 aromatic heterocycles. The molecule has 10 nitrogen and oxygen atoms in total. The van der Waals surface area contributed by atoms with Crippen molar-refractivity contribution in [3.8, 4) is 11.5 Å². The molecule has 0 amide bonds. The number of nitrogens with one attached hydrogen (secondary N) is 1. The lowest BCUT2D eigenvalue weighted by Crippen LogP contribution is -2.32. The Morgan fingerprint density at radius 3 is 2.30 bits per heavy atom. The lowest BCUT2D eigenvalue weighted by molar-refractivity contribution is 0.114. The van der Waals surface area contributed by atoms with E-state index in [4.69, 9.17) is 18.6 Å². The van der Waals surface area contributed by atoms with Crippen LogP contribution in [0.1, 0.15) is 24.2 Å². The quantitative estimate of drug-likeness (QED) is 0.365. The van der Waals surface area contributed by atoms with E-state index in [9.17, 15) is 16.8 Å². The number of sulfonamides is 2. The maximum absolute atomic E-state index is 13.6. The summed E-state index contributed by atoms with van der Waals surface area (Å²) in [7, 11) is -4.82. The Hall–Kier alpha value is -2.90. The van der Waals surface area contributed by atoms with Gasteiger partial charge >= 0.3 is 0 Å². The van der Waals surface area contributed by atoms with Crippen LogP contribution in [0.15, 0.2) is 75.1 Å². The first kappa shape index (κ1) is 27.1. The van der Waals surface area contributed by atoms with Crippen molar-refractivity contribution >= 4 is 20.0 Å². The summed E-state index contributed by atoms with van der Waals surface area (Å²) in [4.78, 5) is -0.0699. The van der Waals surface area contributed by atoms with Crippen molar-refractivity contribution in [2.75, 3.05) is 27.4 Å². The van der Waals surface area contributed by atoms with Crippen molar-refractivity contribution < 1.29 is 35.5 Å². The summed E-state index contributed by atoms with van der Waals surface area (Å²) < 4.78 is 77.9. The van der Waals surface area contributed by atoms with Crippen LogP contribution in [0.4, 0.5) is 0 Å². The van der Waals surface area contributed by atoms with Crippen molar-refractivity contribution in [1.82, 2.24) is 9.03 Å². The predicted molar refractivity (Wildman–Crippen MR) is 135 cm³/mol. The van der Waals surface area contributed by atoms with Crippen molar-refractivity contribution in [2.24, 2.45) is 0 Å². The van der Waals surface area contributed by atoms with Crippen LogP contribution in [-0.2, 0) is 37.9 Å². The first-order valence-corrected chi connectivity index (χ1v) is 14.6.